The van der Waals surface area contributed by atoms with Crippen molar-refractivity contribution >= 4 is 0 Å². The fourth-order valence-corrected chi connectivity index (χ4v) is 1.36. The van der Waals surface area contributed by atoms with E-state index in [1.165, 1.54) is 0 Å². The van der Waals surface area contributed by atoms with E-state index in [1.807, 2.05) is 18.7 Å². The van der Waals surface area contributed by atoms with Crippen LogP contribution in [0.2, 0.25) is 0 Å². The van der Waals surface area contributed by atoms with Gasteiger partial charge in [-0.3, -0.25) is 0 Å². The second-order valence-electron chi connectivity index (χ2n) is 2.90. The van der Waals surface area contributed by atoms with E-state index in [1.54, 1.807) is 0 Å². The predicted molar refractivity (Wildman–Crippen MR) is 38.5 cm³/mol. The van der Waals surface area contributed by atoms with Crippen LogP contribution in [0.3, 0.4) is 0 Å². The zero-order valence-corrected chi connectivity index (χ0v) is 5.77. The number of aromatic nitrogens is 2. The average Bonchev–Trinajstić information content (AvgIpc) is 2.31. The molecule has 2 N–H and O–H groups in total. The molecule has 0 spiro atoms. The summed E-state index contributed by atoms with van der Waals surface area (Å²) < 4.78 is 2.13. The molecular weight excluding hydrogens is 126 g/mol. The minimum atomic E-state index is 0.424. The third-order valence-electron chi connectivity index (χ3n) is 2.10. The molecule has 3 heteroatoms. The second kappa shape index (κ2) is 2.09. The van der Waals surface area contributed by atoms with Crippen molar-refractivity contribution in [3.05, 3.63) is 18.7 Å². The van der Waals surface area contributed by atoms with E-state index in [0.717, 1.165) is 12.8 Å². The molecule has 0 aromatic carbocycles. The summed E-state index contributed by atoms with van der Waals surface area (Å²) >= 11 is 0. The van der Waals surface area contributed by atoms with Crippen LogP contribution in [0.1, 0.15) is 18.9 Å². The van der Waals surface area contributed by atoms with Gasteiger partial charge in [0.1, 0.15) is 0 Å². The molecule has 0 unspecified atom stereocenters. The molecule has 0 saturated heterocycles. The summed E-state index contributed by atoms with van der Waals surface area (Å²) in [4.78, 5) is 3.97. The zero-order valence-electron chi connectivity index (χ0n) is 5.77. The second-order valence-corrected chi connectivity index (χ2v) is 2.90. The lowest BCUT2D eigenvalue weighted by Crippen LogP contribution is -2.37. The van der Waals surface area contributed by atoms with Gasteiger partial charge in [-0.05, 0) is 12.8 Å². The first-order valence-corrected chi connectivity index (χ1v) is 3.59. The molecular formula is C7H11N3. The Balaban J connectivity index is 2.04. The maximum absolute atomic E-state index is 5.64. The van der Waals surface area contributed by atoms with Crippen LogP contribution in [0.15, 0.2) is 18.7 Å². The summed E-state index contributed by atoms with van der Waals surface area (Å²) in [6.07, 6.45) is 7.88. The molecule has 1 aromatic rings. The van der Waals surface area contributed by atoms with E-state index in [2.05, 4.69) is 9.55 Å². The van der Waals surface area contributed by atoms with Crippen LogP contribution in [0, 0.1) is 0 Å². The molecule has 0 atom stereocenters. The normalized spacial score (nSPS) is 31.7. The summed E-state index contributed by atoms with van der Waals surface area (Å²) in [6.45, 7) is 0. The average molecular weight is 137 g/mol. The van der Waals surface area contributed by atoms with Crippen LogP contribution in [0.25, 0.3) is 0 Å². The number of hydrogen-bond donors (Lipinski definition) is 1. The maximum Gasteiger partial charge on any atom is 0.0948 e. The Morgan fingerprint density at radius 1 is 1.50 bits per heavy atom. The summed E-state index contributed by atoms with van der Waals surface area (Å²) in [6, 6.07) is 1.05. The van der Waals surface area contributed by atoms with E-state index < -0.39 is 0 Å². The van der Waals surface area contributed by atoms with Gasteiger partial charge in [0.15, 0.2) is 0 Å². The molecule has 10 heavy (non-hydrogen) atoms. The zero-order chi connectivity index (χ0) is 6.97. The number of hydrogen-bond acceptors (Lipinski definition) is 2. The highest BCUT2D eigenvalue weighted by Gasteiger charge is 2.26. The smallest absolute Gasteiger partial charge is 0.0948 e. The first-order valence-electron chi connectivity index (χ1n) is 3.59. The molecule has 0 amide bonds. The van der Waals surface area contributed by atoms with Gasteiger partial charge in [-0.25, -0.2) is 4.98 Å². The number of nitrogens with zero attached hydrogens (tertiary/aromatic N) is 2. The first-order chi connectivity index (χ1) is 4.86. The molecule has 1 aromatic heterocycles. The molecule has 1 aliphatic rings. The van der Waals surface area contributed by atoms with Crippen LogP contribution in [-0.2, 0) is 0 Å². The highest BCUT2D eigenvalue weighted by molar-refractivity contribution is 4.90. The molecule has 1 saturated carbocycles. The van der Waals surface area contributed by atoms with Crippen molar-refractivity contribution in [2.45, 2.75) is 24.9 Å². The van der Waals surface area contributed by atoms with Crippen LogP contribution in [-0.4, -0.2) is 15.6 Å². The predicted octanol–water partition coefficient (Wildman–Crippen LogP) is 0.545. The number of imidazole rings is 1. The van der Waals surface area contributed by atoms with Crippen molar-refractivity contribution < 1.29 is 0 Å². The van der Waals surface area contributed by atoms with Crippen molar-refractivity contribution in [3.63, 3.8) is 0 Å². The number of rotatable bonds is 1. The molecule has 2 rings (SSSR count). The summed E-state index contributed by atoms with van der Waals surface area (Å²) in [7, 11) is 0. The van der Waals surface area contributed by atoms with E-state index in [9.17, 15) is 0 Å². The van der Waals surface area contributed by atoms with Crippen molar-refractivity contribution in [2.24, 2.45) is 5.73 Å². The van der Waals surface area contributed by atoms with Crippen molar-refractivity contribution in [3.8, 4) is 0 Å². The van der Waals surface area contributed by atoms with Gasteiger partial charge in [-0.15, -0.1) is 0 Å². The minimum Gasteiger partial charge on any atom is -0.334 e. The van der Waals surface area contributed by atoms with Gasteiger partial charge in [0.05, 0.1) is 6.33 Å². The highest BCUT2D eigenvalue weighted by Crippen LogP contribution is 2.29. The van der Waals surface area contributed by atoms with E-state index in [0.29, 0.717) is 12.1 Å². The van der Waals surface area contributed by atoms with Gasteiger partial charge in [-0.2, -0.15) is 0 Å². The van der Waals surface area contributed by atoms with Gasteiger partial charge in [-0.1, -0.05) is 0 Å². The Bertz CT molecular complexity index is 199. The Labute approximate surface area is 59.9 Å². The van der Waals surface area contributed by atoms with Crippen LogP contribution < -0.4 is 5.73 Å². The van der Waals surface area contributed by atoms with Gasteiger partial charge in [0.2, 0.25) is 0 Å². The standard InChI is InChI=1S/C7H11N3/c8-6-3-7(4-6)10-2-1-9-5-10/h1-2,5-7H,3-4,8H2. The van der Waals surface area contributed by atoms with Crippen LogP contribution in [0.5, 0.6) is 0 Å². The van der Waals surface area contributed by atoms with Crippen LogP contribution >= 0.6 is 0 Å². The number of nitrogens with two attached hydrogens (primary N) is 1. The highest BCUT2D eigenvalue weighted by atomic mass is 15.1. The van der Waals surface area contributed by atoms with Gasteiger partial charge in [0.25, 0.3) is 0 Å². The maximum atomic E-state index is 5.64. The Morgan fingerprint density at radius 2 is 2.30 bits per heavy atom. The molecule has 54 valence electrons. The Hall–Kier alpha value is -0.830. The van der Waals surface area contributed by atoms with Crippen LogP contribution in [0.4, 0.5) is 0 Å². The van der Waals surface area contributed by atoms with Crippen molar-refractivity contribution in [1.82, 2.24) is 9.55 Å². The monoisotopic (exact) mass is 137 g/mol. The first kappa shape index (κ1) is 5.92. The van der Waals surface area contributed by atoms with E-state index in [-0.39, 0.29) is 0 Å². The summed E-state index contributed by atoms with van der Waals surface area (Å²) in [5.74, 6) is 0. The fourth-order valence-electron chi connectivity index (χ4n) is 1.36. The van der Waals surface area contributed by atoms with Gasteiger partial charge >= 0.3 is 0 Å². The third-order valence-corrected chi connectivity index (χ3v) is 2.10. The summed E-state index contributed by atoms with van der Waals surface area (Å²) in [5, 5.41) is 0. The minimum absolute atomic E-state index is 0.424. The fraction of sp³-hybridized carbons (Fsp3) is 0.571. The Morgan fingerprint density at radius 3 is 2.80 bits per heavy atom. The Kier molecular flexibility index (Phi) is 1.24. The molecule has 0 radical (unpaired) electrons. The largest absolute Gasteiger partial charge is 0.334 e. The van der Waals surface area contributed by atoms with Crippen molar-refractivity contribution in [2.75, 3.05) is 0 Å². The lowest BCUT2D eigenvalue weighted by Gasteiger charge is -2.33. The molecule has 0 bridgehead atoms. The molecule has 1 fully saturated rings. The van der Waals surface area contributed by atoms with E-state index in [4.69, 9.17) is 5.73 Å². The van der Waals surface area contributed by atoms with Crippen molar-refractivity contribution in [1.29, 1.82) is 0 Å². The molecule has 1 aliphatic carbocycles. The summed E-state index contributed by atoms with van der Waals surface area (Å²) in [5.41, 5.74) is 5.64. The lowest BCUT2D eigenvalue weighted by atomic mass is 9.87. The molecule has 3 nitrogen and oxygen atoms in total. The SMILES string of the molecule is NC1CC(n2ccnc2)C1. The topological polar surface area (TPSA) is 43.8 Å². The third kappa shape index (κ3) is 0.827. The quantitative estimate of drug-likeness (QED) is 0.614. The molecule has 1 heterocycles. The van der Waals surface area contributed by atoms with E-state index >= 15 is 0 Å². The molecule has 0 aliphatic heterocycles. The lowest BCUT2D eigenvalue weighted by molar-refractivity contribution is 0.266. The van der Waals surface area contributed by atoms with Gasteiger partial charge < -0.3 is 10.3 Å². The van der Waals surface area contributed by atoms with Gasteiger partial charge in [0, 0.05) is 24.5 Å².